The van der Waals surface area contributed by atoms with Crippen LogP contribution in [-0.2, 0) is 13.0 Å². The van der Waals surface area contributed by atoms with Gasteiger partial charge in [0.25, 0.3) is 0 Å². The fraction of sp³-hybridized carbons (Fsp3) is 0.250. The van der Waals surface area contributed by atoms with Gasteiger partial charge in [-0.1, -0.05) is 30.1 Å². The van der Waals surface area contributed by atoms with E-state index in [0.29, 0.717) is 33.8 Å². The molecule has 0 aliphatic carbocycles. The number of aliphatic hydroxyl groups excluding tert-OH is 1. The molecule has 18 heavy (non-hydrogen) atoms. The molecular formula is C12H12Cl2N2O2. The molecule has 4 nitrogen and oxygen atoms in total. The van der Waals surface area contributed by atoms with Gasteiger partial charge in [0.2, 0.25) is 5.88 Å². The maximum absolute atomic E-state index is 9.13. The minimum Gasteiger partial charge on any atom is -0.439 e. The van der Waals surface area contributed by atoms with Gasteiger partial charge in [-0.05, 0) is 18.6 Å². The first-order valence-electron chi connectivity index (χ1n) is 5.45. The van der Waals surface area contributed by atoms with Crippen molar-refractivity contribution in [2.45, 2.75) is 20.0 Å². The number of nitrogens with zero attached hydrogens (tertiary/aromatic N) is 1. The third-order valence-corrected chi connectivity index (χ3v) is 3.27. The van der Waals surface area contributed by atoms with Crippen molar-refractivity contribution in [1.82, 2.24) is 10.2 Å². The molecule has 2 aromatic rings. The molecule has 0 aliphatic heterocycles. The number of ether oxygens (including phenoxy) is 1. The molecule has 0 radical (unpaired) electrons. The van der Waals surface area contributed by atoms with E-state index in [9.17, 15) is 0 Å². The Balaban J connectivity index is 2.28. The number of nitrogens with one attached hydrogen (secondary N) is 1. The second-order valence-electron chi connectivity index (χ2n) is 3.67. The van der Waals surface area contributed by atoms with Crippen LogP contribution >= 0.6 is 23.2 Å². The van der Waals surface area contributed by atoms with Gasteiger partial charge in [-0.3, -0.25) is 0 Å². The summed E-state index contributed by atoms with van der Waals surface area (Å²) in [5.74, 6) is 1.08. The average molecular weight is 287 g/mol. The van der Waals surface area contributed by atoms with Gasteiger partial charge in [-0.15, -0.1) is 0 Å². The van der Waals surface area contributed by atoms with E-state index >= 15 is 0 Å². The van der Waals surface area contributed by atoms with E-state index in [1.54, 1.807) is 18.2 Å². The molecule has 2 rings (SSSR count). The van der Waals surface area contributed by atoms with Crippen molar-refractivity contribution in [3.63, 3.8) is 0 Å². The van der Waals surface area contributed by atoms with E-state index in [1.165, 1.54) is 0 Å². The fourth-order valence-corrected chi connectivity index (χ4v) is 1.91. The van der Waals surface area contributed by atoms with Crippen molar-refractivity contribution in [3.8, 4) is 11.6 Å². The predicted octanol–water partition coefficient (Wildman–Crippen LogP) is 3.56. The molecule has 0 saturated carbocycles. The highest BCUT2D eigenvalue weighted by molar-refractivity contribution is 6.42. The third-order valence-electron chi connectivity index (χ3n) is 2.53. The minimum absolute atomic E-state index is 0.121. The van der Waals surface area contributed by atoms with Crippen molar-refractivity contribution in [1.29, 1.82) is 0 Å². The second-order valence-corrected chi connectivity index (χ2v) is 4.48. The highest BCUT2D eigenvalue weighted by Gasteiger charge is 2.13. The van der Waals surface area contributed by atoms with Gasteiger partial charge in [0.05, 0.1) is 22.3 Å². The van der Waals surface area contributed by atoms with Gasteiger partial charge in [-0.25, -0.2) is 5.10 Å². The molecule has 0 spiro atoms. The average Bonchev–Trinajstić information content (AvgIpc) is 2.75. The van der Waals surface area contributed by atoms with Gasteiger partial charge in [0.15, 0.2) is 0 Å². The molecule has 6 heteroatoms. The molecule has 1 heterocycles. The highest BCUT2D eigenvalue weighted by Crippen LogP contribution is 2.30. The molecular weight excluding hydrogens is 275 g/mol. The number of hydrogen-bond donors (Lipinski definition) is 2. The summed E-state index contributed by atoms with van der Waals surface area (Å²) >= 11 is 11.7. The van der Waals surface area contributed by atoms with Crippen LogP contribution in [0.25, 0.3) is 0 Å². The summed E-state index contributed by atoms with van der Waals surface area (Å²) in [5, 5.41) is 16.8. The van der Waals surface area contributed by atoms with Crippen LogP contribution in [0.2, 0.25) is 10.0 Å². The first-order valence-corrected chi connectivity index (χ1v) is 6.21. The molecule has 0 unspecified atom stereocenters. The van der Waals surface area contributed by atoms with Crippen molar-refractivity contribution < 1.29 is 9.84 Å². The lowest BCUT2D eigenvalue weighted by Gasteiger charge is -2.06. The maximum atomic E-state index is 9.13. The van der Waals surface area contributed by atoms with Crippen LogP contribution in [0.5, 0.6) is 11.6 Å². The van der Waals surface area contributed by atoms with E-state index < -0.39 is 0 Å². The van der Waals surface area contributed by atoms with Crippen LogP contribution in [0.4, 0.5) is 0 Å². The molecule has 1 aromatic heterocycles. The SMILES string of the molecule is CCc1c(CO)n[nH]c1Oc1ccc(Cl)c(Cl)c1. The number of aromatic nitrogens is 2. The maximum Gasteiger partial charge on any atom is 0.218 e. The zero-order valence-corrected chi connectivity index (χ0v) is 11.2. The molecule has 96 valence electrons. The van der Waals surface area contributed by atoms with Crippen LogP contribution < -0.4 is 4.74 Å². The first kappa shape index (κ1) is 13.2. The van der Waals surface area contributed by atoms with Crippen LogP contribution in [0.15, 0.2) is 18.2 Å². The number of H-pyrrole nitrogens is 1. The minimum atomic E-state index is -0.121. The largest absolute Gasteiger partial charge is 0.439 e. The lowest BCUT2D eigenvalue weighted by molar-refractivity contribution is 0.275. The summed E-state index contributed by atoms with van der Waals surface area (Å²) in [5.41, 5.74) is 1.44. The summed E-state index contributed by atoms with van der Waals surface area (Å²) in [6.45, 7) is 1.84. The zero-order chi connectivity index (χ0) is 13.1. The number of aliphatic hydroxyl groups is 1. The number of benzene rings is 1. The molecule has 0 saturated heterocycles. The second kappa shape index (κ2) is 5.61. The Morgan fingerprint density at radius 2 is 2.11 bits per heavy atom. The fourth-order valence-electron chi connectivity index (χ4n) is 1.62. The van der Waals surface area contributed by atoms with Crippen LogP contribution in [0.3, 0.4) is 0 Å². The summed E-state index contributed by atoms with van der Waals surface area (Å²) in [7, 11) is 0. The summed E-state index contributed by atoms with van der Waals surface area (Å²) < 4.78 is 5.65. The lowest BCUT2D eigenvalue weighted by Crippen LogP contribution is -1.92. The van der Waals surface area contributed by atoms with Gasteiger partial charge in [0.1, 0.15) is 5.75 Å². The van der Waals surface area contributed by atoms with Gasteiger partial charge in [-0.2, -0.15) is 5.10 Å². The monoisotopic (exact) mass is 286 g/mol. The lowest BCUT2D eigenvalue weighted by atomic mass is 10.2. The normalized spacial score (nSPS) is 10.7. The molecule has 0 bridgehead atoms. The number of halogens is 2. The van der Waals surface area contributed by atoms with E-state index in [4.69, 9.17) is 33.0 Å². The number of rotatable bonds is 4. The Labute approximate surface area is 114 Å². The zero-order valence-electron chi connectivity index (χ0n) is 9.70. The Morgan fingerprint density at radius 3 is 2.72 bits per heavy atom. The van der Waals surface area contributed by atoms with Gasteiger partial charge < -0.3 is 9.84 Å². The molecule has 0 amide bonds. The first-order chi connectivity index (χ1) is 8.65. The molecule has 0 atom stereocenters. The predicted molar refractivity (Wildman–Crippen MR) is 70.4 cm³/mol. The molecule has 0 aliphatic rings. The third kappa shape index (κ3) is 2.61. The smallest absolute Gasteiger partial charge is 0.218 e. The van der Waals surface area contributed by atoms with Crippen LogP contribution in [-0.4, -0.2) is 15.3 Å². The molecule has 0 fully saturated rings. The Morgan fingerprint density at radius 1 is 1.33 bits per heavy atom. The van der Waals surface area contributed by atoms with E-state index in [1.807, 2.05) is 6.92 Å². The van der Waals surface area contributed by atoms with Crippen molar-refractivity contribution in [3.05, 3.63) is 39.5 Å². The summed E-state index contributed by atoms with van der Waals surface area (Å²) in [6, 6.07) is 5.00. The molecule has 2 N–H and O–H groups in total. The van der Waals surface area contributed by atoms with E-state index in [2.05, 4.69) is 10.2 Å². The summed E-state index contributed by atoms with van der Waals surface area (Å²) in [6.07, 6.45) is 0.711. The van der Waals surface area contributed by atoms with E-state index in [0.717, 1.165) is 5.56 Å². The Kier molecular flexibility index (Phi) is 4.11. The topological polar surface area (TPSA) is 58.1 Å². The van der Waals surface area contributed by atoms with E-state index in [-0.39, 0.29) is 6.61 Å². The van der Waals surface area contributed by atoms with Crippen molar-refractivity contribution in [2.24, 2.45) is 0 Å². The Bertz CT molecular complexity index is 555. The van der Waals surface area contributed by atoms with Crippen molar-refractivity contribution >= 4 is 23.2 Å². The quantitative estimate of drug-likeness (QED) is 0.903. The highest BCUT2D eigenvalue weighted by atomic mass is 35.5. The molecule has 1 aromatic carbocycles. The van der Waals surface area contributed by atoms with Gasteiger partial charge in [0, 0.05) is 11.6 Å². The standard InChI is InChI=1S/C12H12Cl2N2O2/c1-2-8-11(6-17)15-16-12(8)18-7-3-4-9(13)10(14)5-7/h3-5,17H,2,6H2,1H3,(H,15,16). The van der Waals surface area contributed by atoms with Gasteiger partial charge >= 0.3 is 0 Å². The van der Waals surface area contributed by atoms with Crippen molar-refractivity contribution in [2.75, 3.05) is 0 Å². The number of aromatic amines is 1. The van der Waals surface area contributed by atoms with Crippen LogP contribution in [0, 0.1) is 0 Å². The summed E-state index contributed by atoms with van der Waals surface area (Å²) in [4.78, 5) is 0. The number of hydrogen-bond acceptors (Lipinski definition) is 3. The van der Waals surface area contributed by atoms with Crippen LogP contribution in [0.1, 0.15) is 18.2 Å². The Hall–Kier alpha value is -1.23.